The predicted molar refractivity (Wildman–Crippen MR) is 82.4 cm³/mol. The SMILES string of the molecule is CC(C)(C)OC(=O)N1CCCC(C(=O)N2CCC(O)CC2)C1. The molecule has 0 aromatic carbocycles. The standard InChI is InChI=1S/C16H28N2O4/c1-16(2,3)22-15(21)18-8-4-5-12(11-18)14(20)17-9-6-13(19)7-10-17/h12-13,19H,4-11H2,1-3H3. The van der Waals surface area contributed by atoms with E-state index in [1.165, 1.54) is 0 Å². The first-order valence-electron chi connectivity index (χ1n) is 8.21. The molecule has 2 saturated heterocycles. The summed E-state index contributed by atoms with van der Waals surface area (Å²) in [5.74, 6) is -0.0309. The van der Waals surface area contributed by atoms with Gasteiger partial charge in [-0.1, -0.05) is 0 Å². The molecule has 2 fully saturated rings. The molecule has 0 aromatic rings. The minimum Gasteiger partial charge on any atom is -0.444 e. The van der Waals surface area contributed by atoms with Crippen LogP contribution in [0.2, 0.25) is 0 Å². The molecule has 22 heavy (non-hydrogen) atoms. The summed E-state index contributed by atoms with van der Waals surface area (Å²) in [5.41, 5.74) is -0.517. The summed E-state index contributed by atoms with van der Waals surface area (Å²) in [6.45, 7) is 7.85. The van der Waals surface area contributed by atoms with Crippen LogP contribution in [0.5, 0.6) is 0 Å². The Kier molecular flexibility index (Phi) is 5.32. The Balaban J connectivity index is 1.90. The number of carbonyl (C=O) groups is 2. The maximum Gasteiger partial charge on any atom is 0.410 e. The number of piperidine rings is 2. The summed E-state index contributed by atoms with van der Waals surface area (Å²) >= 11 is 0. The van der Waals surface area contributed by atoms with Crippen LogP contribution in [-0.2, 0) is 9.53 Å². The molecule has 0 aliphatic carbocycles. The van der Waals surface area contributed by atoms with Crippen LogP contribution in [0.1, 0.15) is 46.5 Å². The number of aliphatic hydroxyl groups is 1. The fourth-order valence-corrected chi connectivity index (χ4v) is 3.02. The first-order valence-corrected chi connectivity index (χ1v) is 8.21. The summed E-state index contributed by atoms with van der Waals surface area (Å²) < 4.78 is 5.39. The van der Waals surface area contributed by atoms with Crippen molar-refractivity contribution in [1.82, 2.24) is 9.80 Å². The summed E-state index contributed by atoms with van der Waals surface area (Å²) in [7, 11) is 0. The van der Waals surface area contributed by atoms with E-state index in [0.29, 0.717) is 39.0 Å². The molecule has 0 spiro atoms. The molecule has 2 aliphatic rings. The van der Waals surface area contributed by atoms with Gasteiger partial charge in [-0.05, 0) is 46.5 Å². The fourth-order valence-electron chi connectivity index (χ4n) is 3.02. The van der Waals surface area contributed by atoms with Crippen molar-refractivity contribution in [3.05, 3.63) is 0 Å². The lowest BCUT2D eigenvalue weighted by atomic mass is 9.95. The predicted octanol–water partition coefficient (Wildman–Crippen LogP) is 1.62. The van der Waals surface area contributed by atoms with Gasteiger partial charge in [-0.15, -0.1) is 0 Å². The maximum absolute atomic E-state index is 12.6. The molecule has 1 unspecified atom stereocenters. The summed E-state index contributed by atoms with van der Waals surface area (Å²) in [6, 6.07) is 0. The highest BCUT2D eigenvalue weighted by Crippen LogP contribution is 2.22. The Morgan fingerprint density at radius 1 is 1.05 bits per heavy atom. The molecular weight excluding hydrogens is 284 g/mol. The maximum atomic E-state index is 12.6. The van der Waals surface area contributed by atoms with Gasteiger partial charge in [0.15, 0.2) is 0 Å². The summed E-state index contributed by atoms with van der Waals surface area (Å²) in [4.78, 5) is 28.2. The van der Waals surface area contributed by atoms with Gasteiger partial charge in [-0.2, -0.15) is 0 Å². The molecular formula is C16H28N2O4. The number of hydrogen-bond donors (Lipinski definition) is 1. The molecule has 0 bridgehead atoms. The van der Waals surface area contributed by atoms with E-state index in [-0.39, 0.29) is 24.0 Å². The molecule has 2 amide bonds. The average molecular weight is 312 g/mol. The second-order valence-corrected chi connectivity index (χ2v) is 7.32. The topological polar surface area (TPSA) is 70.1 Å². The lowest BCUT2D eigenvalue weighted by Crippen LogP contribution is -2.49. The Bertz CT molecular complexity index is 411. The van der Waals surface area contributed by atoms with E-state index < -0.39 is 5.60 Å². The third kappa shape index (κ3) is 4.60. The van der Waals surface area contributed by atoms with Crippen molar-refractivity contribution in [3.63, 3.8) is 0 Å². The Labute approximate surface area is 132 Å². The number of ether oxygens (including phenoxy) is 1. The number of carbonyl (C=O) groups excluding carboxylic acids is 2. The van der Waals surface area contributed by atoms with Crippen LogP contribution in [0.3, 0.4) is 0 Å². The van der Waals surface area contributed by atoms with E-state index in [4.69, 9.17) is 4.74 Å². The molecule has 0 aromatic heterocycles. The van der Waals surface area contributed by atoms with Gasteiger partial charge in [0.25, 0.3) is 0 Å². The molecule has 2 rings (SSSR count). The van der Waals surface area contributed by atoms with Crippen LogP contribution in [0.25, 0.3) is 0 Å². The van der Waals surface area contributed by atoms with E-state index in [1.54, 1.807) is 4.90 Å². The van der Waals surface area contributed by atoms with E-state index in [9.17, 15) is 14.7 Å². The summed E-state index contributed by atoms with van der Waals surface area (Å²) in [6.07, 6.45) is 2.32. The van der Waals surface area contributed by atoms with Crippen LogP contribution in [0.4, 0.5) is 4.79 Å². The smallest absolute Gasteiger partial charge is 0.410 e. The van der Waals surface area contributed by atoms with Gasteiger partial charge in [-0.25, -0.2) is 4.79 Å². The van der Waals surface area contributed by atoms with Gasteiger partial charge in [0.1, 0.15) is 5.60 Å². The molecule has 2 heterocycles. The Morgan fingerprint density at radius 3 is 2.27 bits per heavy atom. The molecule has 6 nitrogen and oxygen atoms in total. The highest BCUT2D eigenvalue weighted by Gasteiger charge is 2.34. The molecule has 1 atom stereocenters. The third-order valence-electron chi connectivity index (χ3n) is 4.20. The van der Waals surface area contributed by atoms with E-state index >= 15 is 0 Å². The molecule has 1 N–H and O–H groups in total. The van der Waals surface area contributed by atoms with E-state index in [1.807, 2.05) is 25.7 Å². The quantitative estimate of drug-likeness (QED) is 0.799. The number of rotatable bonds is 1. The zero-order chi connectivity index (χ0) is 16.3. The number of likely N-dealkylation sites (tertiary alicyclic amines) is 2. The second-order valence-electron chi connectivity index (χ2n) is 7.32. The molecule has 6 heteroatoms. The van der Waals surface area contributed by atoms with Gasteiger partial charge in [0.05, 0.1) is 12.0 Å². The number of nitrogens with zero attached hydrogens (tertiary/aromatic N) is 2. The van der Waals surface area contributed by atoms with Crippen molar-refractivity contribution < 1.29 is 19.4 Å². The van der Waals surface area contributed by atoms with Crippen LogP contribution in [0.15, 0.2) is 0 Å². The average Bonchev–Trinajstić information content (AvgIpc) is 2.46. The van der Waals surface area contributed by atoms with Crippen molar-refractivity contribution in [2.45, 2.75) is 58.2 Å². The zero-order valence-corrected chi connectivity index (χ0v) is 13.9. The lowest BCUT2D eigenvalue weighted by molar-refractivity contribution is -0.139. The number of hydrogen-bond acceptors (Lipinski definition) is 4. The highest BCUT2D eigenvalue weighted by atomic mass is 16.6. The third-order valence-corrected chi connectivity index (χ3v) is 4.20. The van der Waals surface area contributed by atoms with Crippen molar-refractivity contribution in [3.8, 4) is 0 Å². The van der Waals surface area contributed by atoms with Crippen molar-refractivity contribution in [2.24, 2.45) is 5.92 Å². The molecule has 126 valence electrons. The number of amides is 2. The van der Waals surface area contributed by atoms with E-state index in [0.717, 1.165) is 12.8 Å². The zero-order valence-electron chi connectivity index (χ0n) is 13.9. The lowest BCUT2D eigenvalue weighted by Gasteiger charge is -2.37. The van der Waals surface area contributed by atoms with Crippen LogP contribution in [-0.4, -0.2) is 64.8 Å². The fraction of sp³-hybridized carbons (Fsp3) is 0.875. The van der Waals surface area contributed by atoms with Crippen molar-refractivity contribution in [1.29, 1.82) is 0 Å². The Morgan fingerprint density at radius 2 is 1.68 bits per heavy atom. The highest BCUT2D eigenvalue weighted by molar-refractivity contribution is 5.80. The molecule has 0 saturated carbocycles. The van der Waals surface area contributed by atoms with Gasteiger partial charge in [-0.3, -0.25) is 4.79 Å². The van der Waals surface area contributed by atoms with Gasteiger partial charge in [0.2, 0.25) is 5.91 Å². The van der Waals surface area contributed by atoms with Crippen LogP contribution >= 0.6 is 0 Å². The Hall–Kier alpha value is -1.30. The number of aliphatic hydroxyl groups excluding tert-OH is 1. The monoisotopic (exact) mass is 312 g/mol. The minimum absolute atomic E-state index is 0.111. The first-order chi connectivity index (χ1) is 10.3. The normalized spacial score (nSPS) is 24.3. The van der Waals surface area contributed by atoms with Gasteiger partial charge in [0, 0.05) is 26.2 Å². The van der Waals surface area contributed by atoms with Gasteiger partial charge >= 0.3 is 6.09 Å². The van der Waals surface area contributed by atoms with Crippen LogP contribution < -0.4 is 0 Å². The van der Waals surface area contributed by atoms with Gasteiger partial charge < -0.3 is 19.6 Å². The van der Waals surface area contributed by atoms with Crippen LogP contribution in [0, 0.1) is 5.92 Å². The van der Waals surface area contributed by atoms with Crippen molar-refractivity contribution >= 4 is 12.0 Å². The van der Waals surface area contributed by atoms with Crippen molar-refractivity contribution in [2.75, 3.05) is 26.2 Å². The molecule has 0 radical (unpaired) electrons. The minimum atomic E-state index is -0.517. The summed E-state index contributed by atoms with van der Waals surface area (Å²) in [5, 5.41) is 9.53. The first kappa shape index (κ1) is 17.1. The van der Waals surface area contributed by atoms with E-state index in [2.05, 4.69) is 0 Å². The largest absolute Gasteiger partial charge is 0.444 e. The second kappa shape index (κ2) is 6.86. The molecule has 2 aliphatic heterocycles.